The SMILES string of the molecule is CC(=O)N[C@H](CC(C)C)C(=O)N1CC2(CCC2)CC1CNC(=O)C=C(C)C. The predicted octanol–water partition coefficient (Wildman–Crippen LogP) is 2.39. The number of carbonyl (C=O) groups is 3. The summed E-state index contributed by atoms with van der Waals surface area (Å²) in [7, 11) is 0. The zero-order valence-electron chi connectivity index (χ0n) is 17.4. The lowest BCUT2D eigenvalue weighted by atomic mass is 9.67. The molecule has 1 saturated carbocycles. The highest BCUT2D eigenvalue weighted by Gasteiger charge is 2.49. The van der Waals surface area contributed by atoms with Crippen LogP contribution < -0.4 is 10.6 Å². The second-order valence-corrected chi connectivity index (χ2v) is 9.03. The lowest BCUT2D eigenvalue weighted by molar-refractivity contribution is -0.138. The molecule has 1 aliphatic carbocycles. The van der Waals surface area contributed by atoms with Gasteiger partial charge in [0.05, 0.1) is 0 Å². The lowest BCUT2D eigenvalue weighted by Gasteiger charge is -2.38. The van der Waals surface area contributed by atoms with Crippen LogP contribution in [0.4, 0.5) is 0 Å². The number of carbonyl (C=O) groups excluding carboxylic acids is 3. The van der Waals surface area contributed by atoms with E-state index in [1.807, 2.05) is 18.7 Å². The van der Waals surface area contributed by atoms with Crippen LogP contribution in [0.1, 0.15) is 66.7 Å². The zero-order chi connectivity index (χ0) is 20.2. The Morgan fingerprint density at radius 3 is 2.33 bits per heavy atom. The molecule has 27 heavy (non-hydrogen) atoms. The fourth-order valence-corrected chi connectivity index (χ4v) is 4.31. The van der Waals surface area contributed by atoms with Crippen molar-refractivity contribution in [3.05, 3.63) is 11.6 Å². The topological polar surface area (TPSA) is 78.5 Å². The third kappa shape index (κ3) is 5.81. The minimum Gasteiger partial charge on any atom is -0.350 e. The molecule has 1 saturated heterocycles. The molecule has 2 N–H and O–H groups in total. The standard InChI is InChI=1S/C21H35N3O3/c1-14(2)9-18(23-16(5)25)20(27)24-13-21(7-6-8-21)11-17(24)12-22-19(26)10-15(3)4/h10,14,17-18H,6-9,11-13H2,1-5H3,(H,22,26)(H,23,25)/t17?,18-/m1/s1. The van der Waals surface area contributed by atoms with Crippen LogP contribution >= 0.6 is 0 Å². The van der Waals surface area contributed by atoms with Gasteiger partial charge in [0, 0.05) is 32.1 Å². The maximum Gasteiger partial charge on any atom is 0.245 e. The highest BCUT2D eigenvalue weighted by molar-refractivity contribution is 5.89. The number of hydrogen-bond donors (Lipinski definition) is 2. The monoisotopic (exact) mass is 377 g/mol. The van der Waals surface area contributed by atoms with E-state index >= 15 is 0 Å². The molecular formula is C21H35N3O3. The van der Waals surface area contributed by atoms with Crippen molar-refractivity contribution < 1.29 is 14.4 Å². The molecule has 0 aromatic rings. The fourth-order valence-electron chi connectivity index (χ4n) is 4.31. The van der Waals surface area contributed by atoms with E-state index in [1.54, 1.807) is 6.08 Å². The lowest BCUT2D eigenvalue weighted by Crippen LogP contribution is -2.52. The van der Waals surface area contributed by atoms with Crippen LogP contribution in [0.15, 0.2) is 11.6 Å². The normalized spacial score (nSPS) is 21.6. The molecule has 0 aromatic heterocycles. The summed E-state index contributed by atoms with van der Waals surface area (Å²) >= 11 is 0. The molecule has 1 heterocycles. The predicted molar refractivity (Wildman–Crippen MR) is 106 cm³/mol. The Morgan fingerprint density at radius 1 is 1.19 bits per heavy atom. The van der Waals surface area contributed by atoms with Crippen LogP contribution in [-0.2, 0) is 14.4 Å². The first-order valence-corrected chi connectivity index (χ1v) is 10.1. The van der Waals surface area contributed by atoms with Crippen molar-refractivity contribution in [3.63, 3.8) is 0 Å². The Bertz CT molecular complexity index is 604. The number of amides is 3. The van der Waals surface area contributed by atoms with Crippen molar-refractivity contribution in [2.24, 2.45) is 11.3 Å². The van der Waals surface area contributed by atoms with E-state index in [0.717, 1.165) is 31.4 Å². The molecule has 6 heteroatoms. The van der Waals surface area contributed by atoms with Gasteiger partial charge in [0.15, 0.2) is 0 Å². The van der Waals surface area contributed by atoms with Crippen LogP contribution in [0.5, 0.6) is 0 Å². The fraction of sp³-hybridized carbons (Fsp3) is 0.762. The summed E-state index contributed by atoms with van der Waals surface area (Å²) in [5.74, 6) is 0.00328. The molecule has 6 nitrogen and oxygen atoms in total. The van der Waals surface area contributed by atoms with Gasteiger partial charge in [0.2, 0.25) is 17.7 Å². The number of allylic oxidation sites excluding steroid dienone is 1. The molecule has 2 aliphatic rings. The van der Waals surface area contributed by atoms with E-state index in [1.165, 1.54) is 13.3 Å². The first kappa shape index (κ1) is 21.5. The summed E-state index contributed by atoms with van der Waals surface area (Å²) in [5.41, 5.74) is 1.16. The second kappa shape index (κ2) is 8.89. The highest BCUT2D eigenvalue weighted by Crippen LogP contribution is 2.50. The Morgan fingerprint density at radius 2 is 1.85 bits per heavy atom. The van der Waals surface area contributed by atoms with Gasteiger partial charge in [0.25, 0.3) is 0 Å². The van der Waals surface area contributed by atoms with Gasteiger partial charge in [-0.2, -0.15) is 0 Å². The Labute approximate surface area is 163 Å². The van der Waals surface area contributed by atoms with Crippen LogP contribution in [-0.4, -0.2) is 47.8 Å². The van der Waals surface area contributed by atoms with Crippen molar-refractivity contribution in [3.8, 4) is 0 Å². The van der Waals surface area contributed by atoms with E-state index in [2.05, 4.69) is 24.5 Å². The van der Waals surface area contributed by atoms with E-state index in [4.69, 9.17) is 0 Å². The summed E-state index contributed by atoms with van der Waals surface area (Å²) in [6.45, 7) is 10.5. The third-order valence-corrected chi connectivity index (χ3v) is 5.63. The average molecular weight is 378 g/mol. The number of nitrogens with one attached hydrogen (secondary N) is 2. The Balaban J connectivity index is 2.11. The molecule has 0 bridgehead atoms. The van der Waals surface area contributed by atoms with Crippen LogP contribution in [0.2, 0.25) is 0 Å². The van der Waals surface area contributed by atoms with Gasteiger partial charge in [-0.25, -0.2) is 0 Å². The molecule has 1 aliphatic heterocycles. The largest absolute Gasteiger partial charge is 0.350 e. The quantitative estimate of drug-likeness (QED) is 0.669. The van der Waals surface area contributed by atoms with Crippen molar-refractivity contribution in [1.82, 2.24) is 15.5 Å². The molecule has 2 atom stereocenters. The first-order chi connectivity index (χ1) is 12.6. The number of likely N-dealkylation sites (tertiary alicyclic amines) is 1. The van der Waals surface area contributed by atoms with Gasteiger partial charge in [-0.15, -0.1) is 0 Å². The highest BCUT2D eigenvalue weighted by atomic mass is 16.2. The second-order valence-electron chi connectivity index (χ2n) is 9.03. The zero-order valence-corrected chi connectivity index (χ0v) is 17.4. The van der Waals surface area contributed by atoms with E-state index in [-0.39, 0.29) is 29.2 Å². The van der Waals surface area contributed by atoms with Crippen molar-refractivity contribution >= 4 is 17.7 Å². The van der Waals surface area contributed by atoms with E-state index in [0.29, 0.717) is 18.9 Å². The summed E-state index contributed by atoms with van der Waals surface area (Å²) in [6, 6.07) is -0.496. The summed E-state index contributed by atoms with van der Waals surface area (Å²) in [4.78, 5) is 38.8. The van der Waals surface area contributed by atoms with Crippen LogP contribution in [0.25, 0.3) is 0 Å². The van der Waals surface area contributed by atoms with Gasteiger partial charge in [-0.05, 0) is 50.9 Å². The van der Waals surface area contributed by atoms with E-state index in [9.17, 15) is 14.4 Å². The van der Waals surface area contributed by atoms with Crippen molar-refractivity contribution in [1.29, 1.82) is 0 Å². The minimum atomic E-state index is -0.492. The first-order valence-electron chi connectivity index (χ1n) is 10.1. The van der Waals surface area contributed by atoms with Gasteiger partial charge >= 0.3 is 0 Å². The maximum atomic E-state index is 13.3. The van der Waals surface area contributed by atoms with Crippen molar-refractivity contribution in [2.75, 3.05) is 13.1 Å². The van der Waals surface area contributed by atoms with Gasteiger partial charge in [-0.3, -0.25) is 14.4 Å². The van der Waals surface area contributed by atoms with Gasteiger partial charge in [-0.1, -0.05) is 25.8 Å². The molecule has 1 spiro atoms. The number of rotatable bonds is 7. The summed E-state index contributed by atoms with van der Waals surface area (Å²) in [6.07, 6.45) is 6.63. The molecule has 0 aromatic carbocycles. The average Bonchev–Trinajstić information content (AvgIpc) is 2.90. The maximum absolute atomic E-state index is 13.3. The smallest absolute Gasteiger partial charge is 0.245 e. The molecule has 3 amide bonds. The van der Waals surface area contributed by atoms with E-state index < -0.39 is 6.04 Å². The van der Waals surface area contributed by atoms with Crippen molar-refractivity contribution in [2.45, 2.75) is 78.8 Å². The van der Waals surface area contributed by atoms with Gasteiger partial charge in [0.1, 0.15) is 6.04 Å². The molecular weight excluding hydrogens is 342 g/mol. The summed E-state index contributed by atoms with van der Waals surface area (Å²) < 4.78 is 0. The molecule has 152 valence electrons. The molecule has 2 fully saturated rings. The molecule has 1 unspecified atom stereocenters. The minimum absolute atomic E-state index is 0.00395. The molecule has 0 radical (unpaired) electrons. The Kier molecular flexibility index (Phi) is 7.06. The molecule has 2 rings (SSSR count). The third-order valence-electron chi connectivity index (χ3n) is 5.63. The number of nitrogens with zero attached hydrogens (tertiary/aromatic N) is 1. The summed E-state index contributed by atoms with van der Waals surface area (Å²) in [5, 5.41) is 5.79. The van der Waals surface area contributed by atoms with Crippen LogP contribution in [0, 0.1) is 11.3 Å². The van der Waals surface area contributed by atoms with Gasteiger partial charge < -0.3 is 15.5 Å². The number of hydrogen-bond acceptors (Lipinski definition) is 3. The van der Waals surface area contributed by atoms with Crippen LogP contribution in [0.3, 0.4) is 0 Å². The Hall–Kier alpha value is -1.85.